The first-order chi connectivity index (χ1) is 14.3. The van der Waals surface area contributed by atoms with Gasteiger partial charge in [0, 0.05) is 38.4 Å². The van der Waals surface area contributed by atoms with Crippen LogP contribution in [-0.2, 0) is 13.2 Å². The molecule has 0 saturated carbocycles. The highest BCUT2D eigenvalue weighted by atomic mass is 19.4. The van der Waals surface area contributed by atoms with E-state index in [0.717, 1.165) is 36.8 Å². The molecule has 12 heteroatoms. The number of alkyl halides is 3. The summed E-state index contributed by atoms with van der Waals surface area (Å²) < 4.78 is 42.0. The number of fused-ring (bicyclic) bond motifs is 4. The van der Waals surface area contributed by atoms with Crippen LogP contribution in [0, 0.1) is 0 Å². The number of hydrogen-bond donors (Lipinski definition) is 2. The van der Waals surface area contributed by atoms with Gasteiger partial charge in [0.05, 0.1) is 17.4 Å². The highest BCUT2D eigenvalue weighted by Crippen LogP contribution is 2.33. The molecular weight excluding hydrogens is 401 g/mol. The minimum atomic E-state index is -4.68. The molecule has 3 aliphatic heterocycles. The van der Waals surface area contributed by atoms with Gasteiger partial charge in [-0.3, -0.25) is 9.48 Å². The van der Waals surface area contributed by atoms with Gasteiger partial charge in [-0.15, -0.1) is 5.10 Å². The van der Waals surface area contributed by atoms with Gasteiger partial charge in [0.15, 0.2) is 5.69 Å². The van der Waals surface area contributed by atoms with Crippen molar-refractivity contribution in [3.63, 3.8) is 0 Å². The van der Waals surface area contributed by atoms with Crippen LogP contribution in [0.4, 0.5) is 24.8 Å². The number of carbonyl (C=O) groups is 1. The largest absolute Gasteiger partial charge is 0.437 e. The summed E-state index contributed by atoms with van der Waals surface area (Å²) in [6.45, 7) is 1.63. The van der Waals surface area contributed by atoms with Gasteiger partial charge < -0.3 is 15.5 Å². The second-order valence-corrected chi connectivity index (χ2v) is 7.62. The van der Waals surface area contributed by atoms with Crippen molar-refractivity contribution in [1.29, 1.82) is 0 Å². The van der Waals surface area contributed by atoms with Gasteiger partial charge in [0.2, 0.25) is 5.95 Å². The topological polar surface area (TPSA) is 92.4 Å². The summed E-state index contributed by atoms with van der Waals surface area (Å²) in [5, 5.41) is 13.7. The van der Waals surface area contributed by atoms with E-state index in [1.54, 1.807) is 12.3 Å². The SMILES string of the molecule is Cn1cc(NC(=O)c2ccc3cnc(N4C[C@H]5CC[C@@H]4CN5)nn23)c(C(F)(F)F)n1. The molecule has 0 spiro atoms. The summed E-state index contributed by atoms with van der Waals surface area (Å²) in [4.78, 5) is 19.3. The maximum Gasteiger partial charge on any atom is 0.437 e. The van der Waals surface area contributed by atoms with Crippen LogP contribution in [0.15, 0.2) is 24.5 Å². The van der Waals surface area contributed by atoms with Crippen LogP contribution >= 0.6 is 0 Å². The van der Waals surface area contributed by atoms with Gasteiger partial charge in [-0.25, -0.2) is 9.50 Å². The van der Waals surface area contributed by atoms with Crippen molar-refractivity contribution in [2.75, 3.05) is 23.3 Å². The maximum atomic E-state index is 13.2. The first-order valence-corrected chi connectivity index (χ1v) is 9.56. The van der Waals surface area contributed by atoms with E-state index >= 15 is 0 Å². The average molecular weight is 420 g/mol. The van der Waals surface area contributed by atoms with Crippen molar-refractivity contribution in [2.24, 2.45) is 7.05 Å². The number of nitrogens with zero attached hydrogens (tertiary/aromatic N) is 6. The molecule has 6 rings (SSSR count). The number of hydrogen-bond acceptors (Lipinski definition) is 6. The summed E-state index contributed by atoms with van der Waals surface area (Å²) in [5.41, 5.74) is -0.859. The minimum absolute atomic E-state index is 0.117. The second-order valence-electron chi connectivity index (χ2n) is 7.62. The average Bonchev–Trinajstić information content (AvgIpc) is 3.31. The fraction of sp³-hybridized carbons (Fsp3) is 0.444. The number of rotatable bonds is 3. The molecule has 2 N–H and O–H groups in total. The number of anilines is 2. The monoisotopic (exact) mass is 420 g/mol. The molecule has 0 aliphatic carbocycles. The van der Waals surface area contributed by atoms with Crippen LogP contribution in [-0.4, -0.2) is 55.5 Å². The number of piperazine rings is 1. The summed E-state index contributed by atoms with van der Waals surface area (Å²) >= 11 is 0. The lowest BCUT2D eigenvalue weighted by molar-refractivity contribution is -0.140. The fourth-order valence-electron chi connectivity index (χ4n) is 4.13. The highest BCUT2D eigenvalue weighted by molar-refractivity contribution is 6.04. The van der Waals surface area contributed by atoms with E-state index in [-0.39, 0.29) is 11.7 Å². The number of carbonyl (C=O) groups excluding carboxylic acids is 1. The molecule has 0 unspecified atom stereocenters. The Kier molecular flexibility index (Phi) is 4.20. The Morgan fingerprint density at radius 1 is 1.27 bits per heavy atom. The van der Waals surface area contributed by atoms with E-state index in [1.807, 2.05) is 0 Å². The molecular formula is C18H19F3N8O. The number of aryl methyl sites for hydroxylation is 1. The lowest BCUT2D eigenvalue weighted by atomic mass is 9.93. The van der Waals surface area contributed by atoms with Gasteiger partial charge in [-0.2, -0.15) is 18.3 Å². The van der Waals surface area contributed by atoms with Crippen molar-refractivity contribution in [3.8, 4) is 0 Å². The molecule has 158 valence electrons. The van der Waals surface area contributed by atoms with Gasteiger partial charge >= 0.3 is 6.18 Å². The van der Waals surface area contributed by atoms with Crippen molar-refractivity contribution in [2.45, 2.75) is 31.1 Å². The van der Waals surface area contributed by atoms with Crippen LogP contribution in [0.3, 0.4) is 0 Å². The Labute approximate surface area is 168 Å². The highest BCUT2D eigenvalue weighted by Gasteiger charge is 2.38. The number of amides is 1. The molecule has 0 aromatic carbocycles. The molecule has 3 fully saturated rings. The van der Waals surface area contributed by atoms with Crippen molar-refractivity contribution in [1.82, 2.24) is 29.7 Å². The predicted molar refractivity (Wildman–Crippen MR) is 101 cm³/mol. The zero-order valence-electron chi connectivity index (χ0n) is 16.0. The maximum absolute atomic E-state index is 13.2. The molecule has 3 aromatic rings. The van der Waals surface area contributed by atoms with Gasteiger partial charge in [0.1, 0.15) is 5.69 Å². The third kappa shape index (κ3) is 3.16. The number of piperidine rings is 2. The molecule has 2 atom stereocenters. The smallest absolute Gasteiger partial charge is 0.334 e. The van der Waals surface area contributed by atoms with Crippen LogP contribution in [0.5, 0.6) is 0 Å². The van der Waals surface area contributed by atoms with Crippen molar-refractivity contribution in [3.05, 3.63) is 35.9 Å². The molecule has 1 amide bonds. The summed E-state index contributed by atoms with van der Waals surface area (Å²) in [5.74, 6) is -0.207. The second kappa shape index (κ2) is 6.69. The summed E-state index contributed by atoms with van der Waals surface area (Å²) in [6, 6.07) is 3.82. The third-order valence-electron chi connectivity index (χ3n) is 5.57. The van der Waals surface area contributed by atoms with Crippen molar-refractivity contribution < 1.29 is 18.0 Å². The zero-order chi connectivity index (χ0) is 21.0. The molecule has 9 nitrogen and oxygen atoms in total. The van der Waals surface area contributed by atoms with Crippen LogP contribution < -0.4 is 15.5 Å². The standard InChI is InChI=1S/C18H19F3N8O/c1-27-9-13(15(25-27)18(19,20)21)24-16(30)14-5-4-12-7-23-17(26-29(12)14)28-8-10-2-3-11(28)6-22-10/h4-5,7,9-11,22H,2-3,6,8H2,1H3,(H,24,30)/t10-,11-/m1/s1. The minimum Gasteiger partial charge on any atom is -0.334 e. The van der Waals surface area contributed by atoms with E-state index in [4.69, 9.17) is 0 Å². The molecule has 3 aromatic heterocycles. The molecule has 6 heterocycles. The first-order valence-electron chi connectivity index (χ1n) is 9.56. The molecule has 0 radical (unpaired) electrons. The number of halogens is 3. The molecule has 30 heavy (non-hydrogen) atoms. The van der Waals surface area contributed by atoms with E-state index < -0.39 is 23.5 Å². The third-order valence-corrected chi connectivity index (χ3v) is 5.57. The van der Waals surface area contributed by atoms with Crippen LogP contribution in [0.1, 0.15) is 29.0 Å². The number of nitrogens with one attached hydrogen (secondary N) is 2. The Morgan fingerprint density at radius 3 is 2.77 bits per heavy atom. The lowest BCUT2D eigenvalue weighted by Crippen LogP contribution is -2.61. The lowest BCUT2D eigenvalue weighted by Gasteiger charge is -2.45. The van der Waals surface area contributed by atoms with Crippen molar-refractivity contribution >= 4 is 23.1 Å². The van der Waals surface area contributed by atoms with Gasteiger partial charge in [-0.05, 0) is 25.0 Å². The van der Waals surface area contributed by atoms with Crippen LogP contribution in [0.25, 0.3) is 5.52 Å². The van der Waals surface area contributed by atoms with Crippen LogP contribution in [0.2, 0.25) is 0 Å². The van der Waals surface area contributed by atoms with E-state index in [0.29, 0.717) is 17.5 Å². The van der Waals surface area contributed by atoms with Gasteiger partial charge in [-0.1, -0.05) is 0 Å². The Morgan fingerprint density at radius 2 is 2.10 bits per heavy atom. The number of aromatic nitrogens is 5. The van der Waals surface area contributed by atoms with E-state index in [2.05, 4.69) is 30.7 Å². The zero-order valence-corrected chi connectivity index (χ0v) is 16.0. The first kappa shape index (κ1) is 18.9. The van der Waals surface area contributed by atoms with Gasteiger partial charge in [0.25, 0.3) is 5.91 Å². The Hall–Kier alpha value is -3.15. The van der Waals surface area contributed by atoms with E-state index in [1.165, 1.54) is 17.6 Å². The fourth-order valence-corrected chi connectivity index (χ4v) is 4.13. The Bertz CT molecular complexity index is 1110. The quantitative estimate of drug-likeness (QED) is 0.670. The summed E-state index contributed by atoms with van der Waals surface area (Å²) in [7, 11) is 1.36. The summed E-state index contributed by atoms with van der Waals surface area (Å²) in [6.07, 6.45) is 0.197. The Balaban J connectivity index is 1.46. The molecule has 3 aliphatic rings. The normalized spacial score (nSPS) is 21.4. The predicted octanol–water partition coefficient (Wildman–Crippen LogP) is 1.67. The van der Waals surface area contributed by atoms with E-state index in [9.17, 15) is 18.0 Å². The molecule has 2 bridgehead atoms. The molecule has 3 saturated heterocycles.